The molecule has 30 heavy (non-hydrogen) atoms. The number of pyridine rings is 1. The molecule has 1 aromatic heterocycles. The standard InChI is InChI=1S/C23H28ClN3O2S/c1-27-17(8-5-15-3-6-16(24)7-4-15)13-19-18-9-12-30(29)20(18)21(25-22(19)27)26-23(14-28)10-2-11-23/h3-4,6-7,17,28H,2,5,8-14H2,1H3,(H,25,26)/t17?,30-/m1/s1. The van der Waals surface area contributed by atoms with Crippen LogP contribution in [0.5, 0.6) is 0 Å². The lowest BCUT2D eigenvalue weighted by Crippen LogP contribution is -2.48. The fourth-order valence-corrected chi connectivity index (χ4v) is 6.57. The molecule has 0 radical (unpaired) electrons. The summed E-state index contributed by atoms with van der Waals surface area (Å²) in [6.07, 6.45) is 6.81. The van der Waals surface area contributed by atoms with E-state index in [9.17, 15) is 9.32 Å². The molecule has 1 aromatic carbocycles. The van der Waals surface area contributed by atoms with Crippen LogP contribution in [0.2, 0.25) is 5.02 Å². The lowest BCUT2D eigenvalue weighted by Gasteiger charge is -2.41. The van der Waals surface area contributed by atoms with Gasteiger partial charge in [0.2, 0.25) is 0 Å². The van der Waals surface area contributed by atoms with Crippen LogP contribution in [-0.2, 0) is 30.1 Å². The van der Waals surface area contributed by atoms with Crippen LogP contribution < -0.4 is 10.2 Å². The third kappa shape index (κ3) is 3.43. The Balaban J connectivity index is 1.41. The number of hydrogen-bond acceptors (Lipinski definition) is 5. The number of hydrogen-bond donors (Lipinski definition) is 2. The highest BCUT2D eigenvalue weighted by Crippen LogP contribution is 2.44. The van der Waals surface area contributed by atoms with E-state index in [0.29, 0.717) is 11.8 Å². The molecule has 2 N–H and O–H groups in total. The van der Waals surface area contributed by atoms with E-state index in [1.165, 1.54) is 16.7 Å². The van der Waals surface area contributed by atoms with Gasteiger partial charge < -0.3 is 15.3 Å². The monoisotopic (exact) mass is 445 g/mol. The number of anilines is 2. The molecule has 3 heterocycles. The molecule has 1 aliphatic carbocycles. The Morgan fingerprint density at radius 1 is 1.30 bits per heavy atom. The van der Waals surface area contributed by atoms with Gasteiger partial charge in [0.15, 0.2) is 0 Å². The number of likely N-dealkylation sites (N-methyl/N-ethyl adjacent to an activating group) is 1. The number of aromatic nitrogens is 1. The molecule has 1 fully saturated rings. The first kappa shape index (κ1) is 20.3. The van der Waals surface area contributed by atoms with Crippen molar-refractivity contribution in [3.8, 4) is 0 Å². The van der Waals surface area contributed by atoms with Crippen LogP contribution in [-0.4, -0.2) is 45.3 Å². The van der Waals surface area contributed by atoms with Gasteiger partial charge in [-0.3, -0.25) is 4.21 Å². The zero-order chi connectivity index (χ0) is 20.9. The van der Waals surface area contributed by atoms with Gasteiger partial charge in [-0.25, -0.2) is 4.98 Å². The molecule has 0 spiro atoms. The highest BCUT2D eigenvalue weighted by atomic mass is 35.5. The van der Waals surface area contributed by atoms with Crippen LogP contribution >= 0.6 is 11.6 Å². The van der Waals surface area contributed by atoms with Crippen molar-refractivity contribution in [2.24, 2.45) is 0 Å². The van der Waals surface area contributed by atoms with E-state index in [1.54, 1.807) is 0 Å². The van der Waals surface area contributed by atoms with E-state index >= 15 is 0 Å². The topological polar surface area (TPSA) is 65.5 Å². The average molecular weight is 446 g/mol. The summed E-state index contributed by atoms with van der Waals surface area (Å²) in [5.41, 5.74) is 3.50. The summed E-state index contributed by atoms with van der Waals surface area (Å²) in [5, 5.41) is 14.2. The molecule has 1 unspecified atom stereocenters. The molecule has 5 rings (SSSR count). The van der Waals surface area contributed by atoms with E-state index < -0.39 is 10.8 Å². The van der Waals surface area contributed by atoms with Crippen LogP contribution in [0, 0.1) is 0 Å². The van der Waals surface area contributed by atoms with E-state index in [0.717, 1.165) is 66.5 Å². The van der Waals surface area contributed by atoms with Crippen molar-refractivity contribution in [2.75, 3.05) is 29.6 Å². The molecule has 3 aliphatic rings. The maximum absolute atomic E-state index is 12.8. The van der Waals surface area contributed by atoms with Crippen molar-refractivity contribution in [2.45, 2.75) is 61.4 Å². The Bertz CT molecular complexity index is 985. The smallest absolute Gasteiger partial charge is 0.145 e. The number of benzene rings is 1. The Morgan fingerprint density at radius 2 is 2.07 bits per heavy atom. The minimum absolute atomic E-state index is 0.0900. The number of nitrogens with zero attached hydrogens (tertiary/aromatic N) is 2. The number of aliphatic hydroxyl groups excluding tert-OH is 1. The van der Waals surface area contributed by atoms with E-state index in [1.807, 2.05) is 12.1 Å². The second kappa shape index (κ2) is 7.81. The molecule has 7 heteroatoms. The van der Waals surface area contributed by atoms with Crippen molar-refractivity contribution in [3.63, 3.8) is 0 Å². The molecule has 0 amide bonds. The van der Waals surface area contributed by atoms with E-state index in [-0.39, 0.29) is 12.1 Å². The van der Waals surface area contributed by atoms with Gasteiger partial charge in [0.05, 0.1) is 27.8 Å². The van der Waals surface area contributed by atoms with Crippen molar-refractivity contribution < 1.29 is 9.32 Å². The van der Waals surface area contributed by atoms with Crippen LogP contribution in [0.1, 0.15) is 42.4 Å². The molecule has 2 aromatic rings. The predicted molar refractivity (Wildman–Crippen MR) is 122 cm³/mol. The molecule has 160 valence electrons. The van der Waals surface area contributed by atoms with Crippen LogP contribution in [0.3, 0.4) is 0 Å². The van der Waals surface area contributed by atoms with Gasteiger partial charge in [0.1, 0.15) is 11.6 Å². The van der Waals surface area contributed by atoms with Gasteiger partial charge >= 0.3 is 0 Å². The molecular weight excluding hydrogens is 418 g/mol. The van der Waals surface area contributed by atoms with Gasteiger partial charge in [0.25, 0.3) is 0 Å². The SMILES string of the molecule is CN1c2nc(NC3(CO)CCC3)c3c(c2CC1CCc1ccc(Cl)cc1)CC[S@]3=O. The minimum atomic E-state index is -1.01. The molecule has 5 nitrogen and oxygen atoms in total. The zero-order valence-corrected chi connectivity index (χ0v) is 18.9. The van der Waals surface area contributed by atoms with Gasteiger partial charge in [-0.1, -0.05) is 23.7 Å². The predicted octanol–water partition coefficient (Wildman–Crippen LogP) is 3.72. The highest BCUT2D eigenvalue weighted by Gasteiger charge is 2.41. The van der Waals surface area contributed by atoms with E-state index in [2.05, 4.69) is 29.4 Å². The van der Waals surface area contributed by atoms with Crippen molar-refractivity contribution in [3.05, 3.63) is 46.0 Å². The van der Waals surface area contributed by atoms with Gasteiger partial charge in [-0.05, 0) is 68.2 Å². The fourth-order valence-electron chi connectivity index (χ4n) is 5.04. The number of rotatable bonds is 6. The third-order valence-corrected chi connectivity index (χ3v) is 8.83. The summed E-state index contributed by atoms with van der Waals surface area (Å²) in [7, 11) is 1.11. The summed E-state index contributed by atoms with van der Waals surface area (Å²) < 4.78 is 12.8. The average Bonchev–Trinajstić information content (AvgIpc) is 3.25. The first-order chi connectivity index (χ1) is 14.5. The number of fused-ring (bicyclic) bond motifs is 3. The minimum Gasteiger partial charge on any atom is -0.394 e. The maximum atomic E-state index is 12.8. The van der Waals surface area contributed by atoms with Crippen LogP contribution in [0.15, 0.2) is 29.2 Å². The largest absolute Gasteiger partial charge is 0.394 e. The summed E-state index contributed by atoms with van der Waals surface area (Å²) in [4.78, 5) is 8.17. The first-order valence-corrected chi connectivity index (χ1v) is 12.5. The summed E-state index contributed by atoms with van der Waals surface area (Å²) >= 11 is 6.01. The second-order valence-electron chi connectivity index (χ2n) is 8.92. The van der Waals surface area contributed by atoms with Gasteiger partial charge in [-0.15, -0.1) is 0 Å². The normalized spacial score (nSPS) is 23.8. The van der Waals surface area contributed by atoms with E-state index in [4.69, 9.17) is 16.6 Å². The Hall–Kier alpha value is -1.63. The van der Waals surface area contributed by atoms with Gasteiger partial charge in [-0.2, -0.15) is 0 Å². The van der Waals surface area contributed by atoms with Gasteiger partial charge in [0, 0.05) is 29.4 Å². The number of aliphatic hydroxyl groups is 1. The first-order valence-electron chi connectivity index (χ1n) is 10.8. The lowest BCUT2D eigenvalue weighted by molar-refractivity contribution is 0.143. The third-order valence-electron chi connectivity index (χ3n) is 7.10. The molecule has 0 bridgehead atoms. The molecule has 0 saturated heterocycles. The zero-order valence-electron chi connectivity index (χ0n) is 17.3. The Labute approximate surface area is 185 Å². The van der Waals surface area contributed by atoms with Crippen LogP contribution in [0.4, 0.5) is 11.6 Å². The molecule has 2 atom stereocenters. The number of nitrogens with one attached hydrogen (secondary N) is 1. The Kier molecular flexibility index (Phi) is 5.28. The molecule has 2 aliphatic heterocycles. The fraction of sp³-hybridized carbons (Fsp3) is 0.522. The lowest BCUT2D eigenvalue weighted by atomic mass is 9.77. The quantitative estimate of drug-likeness (QED) is 0.709. The van der Waals surface area contributed by atoms with Crippen LogP contribution in [0.25, 0.3) is 0 Å². The number of aryl methyl sites for hydroxylation is 1. The molecular formula is C23H28ClN3O2S. The van der Waals surface area contributed by atoms with Crippen molar-refractivity contribution in [1.29, 1.82) is 0 Å². The highest BCUT2D eigenvalue weighted by molar-refractivity contribution is 7.85. The maximum Gasteiger partial charge on any atom is 0.145 e. The number of halogens is 1. The van der Waals surface area contributed by atoms with Crippen molar-refractivity contribution >= 4 is 34.0 Å². The van der Waals surface area contributed by atoms with Crippen molar-refractivity contribution in [1.82, 2.24) is 4.98 Å². The summed E-state index contributed by atoms with van der Waals surface area (Å²) in [6, 6.07) is 8.47. The molecule has 1 saturated carbocycles. The summed E-state index contributed by atoms with van der Waals surface area (Å²) in [6.45, 7) is 0.0900. The summed E-state index contributed by atoms with van der Waals surface area (Å²) in [5.74, 6) is 2.43. The second-order valence-corrected chi connectivity index (χ2v) is 10.9. The Morgan fingerprint density at radius 3 is 2.73 bits per heavy atom.